The van der Waals surface area contributed by atoms with Crippen LogP contribution in [0.4, 0.5) is 0 Å². The van der Waals surface area contributed by atoms with E-state index in [4.69, 9.17) is 21.8 Å². The molecule has 0 aliphatic heterocycles. The largest absolute Gasteiger partial charge is 0.461 e. The summed E-state index contributed by atoms with van der Waals surface area (Å²) in [6.07, 6.45) is 1.45. The standard InChI is InChI=1S/C16H10ClN5O3/c17-8-3-1-4-9(7-8)22-15-12(20-16(22)24)11(13(18)23)19-14(21-15)10-5-2-6-25-10/h1-7H,(H2,18,23)(H,20,24). The number of imidazole rings is 1. The molecule has 4 aromatic rings. The maximum Gasteiger partial charge on any atom is 0.332 e. The number of amides is 1. The Balaban J connectivity index is 2.09. The lowest BCUT2D eigenvalue weighted by molar-refractivity contribution is 0.0997. The Bertz CT molecular complexity index is 1160. The smallest absolute Gasteiger partial charge is 0.332 e. The summed E-state index contributed by atoms with van der Waals surface area (Å²) in [5.74, 6) is -0.309. The normalized spacial score (nSPS) is 11.1. The average Bonchev–Trinajstić information content (AvgIpc) is 3.20. The second-order valence-electron chi connectivity index (χ2n) is 5.18. The van der Waals surface area contributed by atoms with Gasteiger partial charge >= 0.3 is 5.69 Å². The van der Waals surface area contributed by atoms with Crippen LogP contribution in [0.5, 0.6) is 0 Å². The second-order valence-corrected chi connectivity index (χ2v) is 5.62. The molecule has 4 rings (SSSR count). The van der Waals surface area contributed by atoms with Crippen LogP contribution in [0.1, 0.15) is 10.5 Å². The Labute approximate surface area is 144 Å². The van der Waals surface area contributed by atoms with Crippen LogP contribution in [0.15, 0.2) is 51.9 Å². The van der Waals surface area contributed by atoms with Crippen LogP contribution in [0, 0.1) is 0 Å². The summed E-state index contributed by atoms with van der Waals surface area (Å²) in [7, 11) is 0. The molecule has 3 N–H and O–H groups in total. The molecular formula is C16H10ClN5O3. The third-order valence-electron chi connectivity index (χ3n) is 3.58. The minimum Gasteiger partial charge on any atom is -0.461 e. The number of aromatic nitrogens is 4. The van der Waals surface area contributed by atoms with Gasteiger partial charge in [-0.25, -0.2) is 19.3 Å². The molecule has 1 amide bonds. The number of rotatable bonds is 3. The number of carbonyl (C=O) groups excluding carboxylic acids is 1. The van der Waals surface area contributed by atoms with Gasteiger partial charge in [0.1, 0.15) is 5.52 Å². The molecule has 8 nitrogen and oxygen atoms in total. The lowest BCUT2D eigenvalue weighted by Crippen LogP contribution is -2.15. The number of H-pyrrole nitrogens is 1. The number of hydrogen-bond donors (Lipinski definition) is 2. The first-order chi connectivity index (χ1) is 12.0. The van der Waals surface area contributed by atoms with Crippen LogP contribution >= 0.6 is 11.6 Å². The van der Waals surface area contributed by atoms with Crippen molar-refractivity contribution in [1.29, 1.82) is 0 Å². The average molecular weight is 356 g/mol. The third kappa shape index (κ3) is 2.48. The minimum absolute atomic E-state index is 0.103. The lowest BCUT2D eigenvalue weighted by Gasteiger charge is -2.05. The monoisotopic (exact) mass is 355 g/mol. The number of benzene rings is 1. The number of hydrogen-bond acceptors (Lipinski definition) is 5. The van der Waals surface area contributed by atoms with E-state index in [-0.39, 0.29) is 22.7 Å². The number of fused-ring (bicyclic) bond motifs is 1. The maximum atomic E-state index is 12.4. The van der Waals surface area contributed by atoms with Gasteiger partial charge in [0, 0.05) is 5.02 Å². The van der Waals surface area contributed by atoms with E-state index in [1.165, 1.54) is 10.8 Å². The molecule has 0 saturated heterocycles. The quantitative estimate of drug-likeness (QED) is 0.583. The number of carbonyl (C=O) groups is 1. The number of primary amides is 1. The van der Waals surface area contributed by atoms with Crippen molar-refractivity contribution in [2.24, 2.45) is 5.73 Å². The first-order valence-electron chi connectivity index (χ1n) is 7.17. The van der Waals surface area contributed by atoms with Crippen LogP contribution in [-0.2, 0) is 0 Å². The van der Waals surface area contributed by atoms with E-state index in [0.29, 0.717) is 16.5 Å². The van der Waals surface area contributed by atoms with Gasteiger partial charge in [-0.1, -0.05) is 17.7 Å². The number of aromatic amines is 1. The van der Waals surface area contributed by atoms with E-state index >= 15 is 0 Å². The Morgan fingerprint density at radius 2 is 2.08 bits per heavy atom. The number of nitrogens with two attached hydrogens (primary N) is 1. The van der Waals surface area contributed by atoms with Gasteiger partial charge in [0.2, 0.25) is 0 Å². The van der Waals surface area contributed by atoms with Crippen molar-refractivity contribution in [1.82, 2.24) is 19.5 Å². The third-order valence-corrected chi connectivity index (χ3v) is 3.81. The van der Waals surface area contributed by atoms with Gasteiger partial charge < -0.3 is 15.1 Å². The Kier molecular flexibility index (Phi) is 3.40. The lowest BCUT2D eigenvalue weighted by atomic mass is 10.3. The van der Waals surface area contributed by atoms with Crippen molar-refractivity contribution in [3.05, 3.63) is 63.9 Å². The molecule has 0 spiro atoms. The summed E-state index contributed by atoms with van der Waals surface area (Å²) in [4.78, 5) is 35.3. The highest BCUT2D eigenvalue weighted by atomic mass is 35.5. The van der Waals surface area contributed by atoms with Gasteiger partial charge in [-0.05, 0) is 30.3 Å². The van der Waals surface area contributed by atoms with Crippen molar-refractivity contribution in [2.45, 2.75) is 0 Å². The van der Waals surface area contributed by atoms with Crippen molar-refractivity contribution >= 4 is 28.7 Å². The fraction of sp³-hybridized carbons (Fsp3) is 0. The summed E-state index contributed by atoms with van der Waals surface area (Å²) in [5.41, 5.74) is 5.65. The van der Waals surface area contributed by atoms with Crippen molar-refractivity contribution in [3.8, 4) is 17.3 Å². The van der Waals surface area contributed by atoms with Crippen molar-refractivity contribution in [3.63, 3.8) is 0 Å². The summed E-state index contributed by atoms with van der Waals surface area (Å²) in [6, 6.07) is 9.98. The van der Waals surface area contributed by atoms with E-state index in [2.05, 4.69) is 15.0 Å². The molecule has 0 radical (unpaired) electrons. The molecule has 1 aromatic carbocycles. The zero-order valence-electron chi connectivity index (χ0n) is 12.6. The summed E-state index contributed by atoms with van der Waals surface area (Å²) in [6.45, 7) is 0. The predicted molar refractivity (Wildman–Crippen MR) is 90.7 cm³/mol. The molecule has 0 saturated carbocycles. The zero-order valence-corrected chi connectivity index (χ0v) is 13.3. The van der Waals surface area contributed by atoms with E-state index in [9.17, 15) is 9.59 Å². The summed E-state index contributed by atoms with van der Waals surface area (Å²) < 4.78 is 6.57. The van der Waals surface area contributed by atoms with Crippen LogP contribution < -0.4 is 11.4 Å². The fourth-order valence-corrected chi connectivity index (χ4v) is 2.72. The summed E-state index contributed by atoms with van der Waals surface area (Å²) in [5, 5.41) is 0.453. The van der Waals surface area contributed by atoms with Gasteiger partial charge in [-0.15, -0.1) is 0 Å². The molecule has 3 heterocycles. The Morgan fingerprint density at radius 3 is 2.76 bits per heavy atom. The molecule has 9 heteroatoms. The van der Waals surface area contributed by atoms with Crippen LogP contribution in [0.3, 0.4) is 0 Å². The fourth-order valence-electron chi connectivity index (χ4n) is 2.53. The van der Waals surface area contributed by atoms with Gasteiger partial charge in [-0.2, -0.15) is 0 Å². The van der Waals surface area contributed by atoms with Crippen molar-refractivity contribution in [2.75, 3.05) is 0 Å². The number of nitrogens with zero attached hydrogens (tertiary/aromatic N) is 3. The van der Waals surface area contributed by atoms with Gasteiger partial charge in [0.05, 0.1) is 12.0 Å². The van der Waals surface area contributed by atoms with Crippen LogP contribution in [0.25, 0.3) is 28.4 Å². The van der Waals surface area contributed by atoms with Gasteiger partial charge in [0.25, 0.3) is 5.91 Å². The van der Waals surface area contributed by atoms with E-state index in [1.807, 2.05) is 0 Å². The van der Waals surface area contributed by atoms with Crippen molar-refractivity contribution < 1.29 is 9.21 Å². The molecule has 124 valence electrons. The highest BCUT2D eigenvalue weighted by Crippen LogP contribution is 2.23. The number of nitrogens with one attached hydrogen (secondary N) is 1. The molecular weight excluding hydrogens is 346 g/mol. The molecule has 3 aromatic heterocycles. The van der Waals surface area contributed by atoms with E-state index in [1.54, 1.807) is 36.4 Å². The molecule has 0 aliphatic carbocycles. The molecule has 0 atom stereocenters. The topological polar surface area (TPSA) is 120 Å². The number of halogens is 1. The molecule has 0 aliphatic rings. The predicted octanol–water partition coefficient (Wildman–Crippen LogP) is 2.12. The Hall–Kier alpha value is -3.39. The second kappa shape index (κ2) is 5.60. The zero-order chi connectivity index (χ0) is 17.6. The summed E-state index contributed by atoms with van der Waals surface area (Å²) >= 11 is 6.01. The molecule has 0 unspecified atom stereocenters. The number of furan rings is 1. The molecule has 0 fully saturated rings. The van der Waals surface area contributed by atoms with E-state index in [0.717, 1.165) is 0 Å². The molecule has 0 bridgehead atoms. The van der Waals surface area contributed by atoms with Gasteiger partial charge in [-0.3, -0.25) is 4.79 Å². The van der Waals surface area contributed by atoms with Crippen LogP contribution in [0.2, 0.25) is 5.02 Å². The Morgan fingerprint density at radius 1 is 1.24 bits per heavy atom. The van der Waals surface area contributed by atoms with Gasteiger partial charge in [0.15, 0.2) is 22.9 Å². The SMILES string of the molecule is NC(=O)c1nc(-c2ccco2)nc2c1[nH]c(=O)n2-c1cccc(Cl)c1. The highest BCUT2D eigenvalue weighted by Gasteiger charge is 2.21. The molecule has 25 heavy (non-hydrogen) atoms. The first-order valence-corrected chi connectivity index (χ1v) is 7.55. The first kappa shape index (κ1) is 15.2. The minimum atomic E-state index is -0.792. The maximum absolute atomic E-state index is 12.4. The van der Waals surface area contributed by atoms with E-state index < -0.39 is 11.6 Å². The highest BCUT2D eigenvalue weighted by molar-refractivity contribution is 6.30. The van der Waals surface area contributed by atoms with Crippen LogP contribution in [-0.4, -0.2) is 25.4 Å².